The minimum Gasteiger partial charge on any atom is -0.388 e. The van der Waals surface area contributed by atoms with Crippen LogP contribution in [-0.4, -0.2) is 9.67 Å². The lowest BCUT2D eigenvalue weighted by Gasteiger charge is -2.34. The number of hydrogen-bond donors (Lipinski definition) is 1. The molecule has 2 heteroatoms. The zero-order valence-corrected chi connectivity index (χ0v) is 11.7. The van der Waals surface area contributed by atoms with Gasteiger partial charge in [0.05, 0.1) is 6.10 Å². The van der Waals surface area contributed by atoms with Crippen LogP contribution in [0, 0.1) is 24.7 Å². The standard InChI is InChI=1S/C16H23NO/c1-5-6-7-8-17-12(2)9-13-14(17)10-16(3,4)11-15(13)18/h1,9,15,18H,6-8,10-11H2,2-4H3. The molecule has 1 aliphatic rings. The van der Waals surface area contributed by atoms with Gasteiger partial charge in [0.2, 0.25) is 0 Å². The van der Waals surface area contributed by atoms with E-state index in [4.69, 9.17) is 6.42 Å². The molecule has 1 N–H and O–H groups in total. The largest absolute Gasteiger partial charge is 0.388 e. The summed E-state index contributed by atoms with van der Waals surface area (Å²) in [6.45, 7) is 7.54. The van der Waals surface area contributed by atoms with Crippen molar-refractivity contribution in [2.75, 3.05) is 0 Å². The van der Waals surface area contributed by atoms with Crippen LogP contribution >= 0.6 is 0 Å². The number of nitrogens with zero attached hydrogens (tertiary/aromatic N) is 1. The Labute approximate surface area is 110 Å². The van der Waals surface area contributed by atoms with E-state index in [0.29, 0.717) is 0 Å². The number of aromatic nitrogens is 1. The maximum atomic E-state index is 10.3. The minimum atomic E-state index is -0.309. The highest BCUT2D eigenvalue weighted by Gasteiger charge is 2.33. The molecule has 0 saturated carbocycles. The van der Waals surface area contributed by atoms with Crippen molar-refractivity contribution in [2.24, 2.45) is 5.41 Å². The molecule has 1 heterocycles. The van der Waals surface area contributed by atoms with Gasteiger partial charge >= 0.3 is 0 Å². The second kappa shape index (κ2) is 4.82. The van der Waals surface area contributed by atoms with Crippen LogP contribution < -0.4 is 0 Å². The Kier molecular flexibility index (Phi) is 3.54. The van der Waals surface area contributed by atoms with Gasteiger partial charge in [-0.05, 0) is 37.7 Å². The highest BCUT2D eigenvalue weighted by atomic mass is 16.3. The monoisotopic (exact) mass is 245 g/mol. The van der Waals surface area contributed by atoms with Crippen molar-refractivity contribution in [1.29, 1.82) is 0 Å². The van der Waals surface area contributed by atoms with Crippen LogP contribution in [0.25, 0.3) is 0 Å². The van der Waals surface area contributed by atoms with E-state index in [1.807, 2.05) is 0 Å². The lowest BCUT2D eigenvalue weighted by molar-refractivity contribution is 0.0979. The lowest BCUT2D eigenvalue weighted by Crippen LogP contribution is -2.27. The molecule has 0 aromatic carbocycles. The zero-order valence-electron chi connectivity index (χ0n) is 11.7. The van der Waals surface area contributed by atoms with Crippen molar-refractivity contribution in [2.45, 2.75) is 59.1 Å². The predicted octanol–water partition coefficient (Wildman–Crippen LogP) is 3.22. The summed E-state index contributed by atoms with van der Waals surface area (Å²) in [5, 5.41) is 10.3. The van der Waals surface area contributed by atoms with Gasteiger partial charge in [-0.3, -0.25) is 0 Å². The van der Waals surface area contributed by atoms with Crippen molar-refractivity contribution in [1.82, 2.24) is 4.57 Å². The van der Waals surface area contributed by atoms with Crippen molar-refractivity contribution in [3.05, 3.63) is 23.0 Å². The maximum absolute atomic E-state index is 10.3. The first-order valence-corrected chi connectivity index (χ1v) is 6.75. The number of unbranched alkanes of at least 4 members (excludes halogenated alkanes) is 1. The van der Waals surface area contributed by atoms with Crippen LogP contribution in [0.5, 0.6) is 0 Å². The molecule has 1 aromatic rings. The number of terminal acetylenes is 1. The molecule has 0 saturated heterocycles. The minimum absolute atomic E-state index is 0.182. The summed E-state index contributed by atoms with van der Waals surface area (Å²) < 4.78 is 2.34. The number of fused-ring (bicyclic) bond motifs is 1. The van der Waals surface area contributed by atoms with Gasteiger partial charge in [-0.2, -0.15) is 0 Å². The Morgan fingerprint density at radius 1 is 1.56 bits per heavy atom. The molecule has 0 bridgehead atoms. The SMILES string of the molecule is C#CCCCn1c(C)cc2c1CC(C)(C)CC2O. The smallest absolute Gasteiger partial charge is 0.0812 e. The third-order valence-corrected chi connectivity index (χ3v) is 3.90. The summed E-state index contributed by atoms with van der Waals surface area (Å²) in [6.07, 6.45) is 8.73. The van der Waals surface area contributed by atoms with Crippen molar-refractivity contribution < 1.29 is 5.11 Å². The van der Waals surface area contributed by atoms with Crippen LogP contribution in [0.3, 0.4) is 0 Å². The second-order valence-electron chi connectivity index (χ2n) is 6.21. The topological polar surface area (TPSA) is 25.2 Å². The van der Waals surface area contributed by atoms with E-state index >= 15 is 0 Å². The number of aliphatic hydroxyl groups excluding tert-OH is 1. The van der Waals surface area contributed by atoms with E-state index in [1.54, 1.807) is 0 Å². The molecular weight excluding hydrogens is 222 g/mol. The molecular formula is C16H23NO. The Morgan fingerprint density at radius 3 is 2.94 bits per heavy atom. The Bertz CT molecular complexity index is 476. The third-order valence-electron chi connectivity index (χ3n) is 3.90. The van der Waals surface area contributed by atoms with Crippen molar-refractivity contribution >= 4 is 0 Å². The van der Waals surface area contributed by atoms with E-state index in [2.05, 4.69) is 37.3 Å². The Balaban J connectivity index is 2.30. The van der Waals surface area contributed by atoms with Crippen LogP contribution in [0.2, 0.25) is 0 Å². The first kappa shape index (κ1) is 13.2. The zero-order chi connectivity index (χ0) is 13.3. The molecule has 2 rings (SSSR count). The Morgan fingerprint density at radius 2 is 2.28 bits per heavy atom. The molecule has 1 aliphatic carbocycles. The molecule has 2 nitrogen and oxygen atoms in total. The van der Waals surface area contributed by atoms with Gasteiger partial charge in [0.25, 0.3) is 0 Å². The lowest BCUT2D eigenvalue weighted by atomic mass is 9.75. The van der Waals surface area contributed by atoms with Crippen molar-refractivity contribution in [3.8, 4) is 12.3 Å². The van der Waals surface area contributed by atoms with E-state index in [-0.39, 0.29) is 11.5 Å². The van der Waals surface area contributed by atoms with E-state index in [0.717, 1.165) is 37.8 Å². The molecule has 1 atom stereocenters. The molecule has 18 heavy (non-hydrogen) atoms. The summed E-state index contributed by atoms with van der Waals surface area (Å²) in [7, 11) is 0. The molecule has 0 spiro atoms. The van der Waals surface area contributed by atoms with E-state index < -0.39 is 0 Å². The average molecular weight is 245 g/mol. The van der Waals surface area contributed by atoms with Crippen LogP contribution in [0.1, 0.15) is 56.2 Å². The summed E-state index contributed by atoms with van der Waals surface area (Å²) in [5.74, 6) is 2.69. The third kappa shape index (κ3) is 2.47. The van der Waals surface area contributed by atoms with Gasteiger partial charge in [-0.15, -0.1) is 12.3 Å². The maximum Gasteiger partial charge on any atom is 0.0812 e. The van der Waals surface area contributed by atoms with Crippen LogP contribution in [-0.2, 0) is 13.0 Å². The first-order chi connectivity index (χ1) is 8.44. The predicted molar refractivity (Wildman–Crippen MR) is 74.3 cm³/mol. The first-order valence-electron chi connectivity index (χ1n) is 6.75. The fourth-order valence-electron chi connectivity index (χ4n) is 3.05. The summed E-state index contributed by atoms with van der Waals surface area (Å²) in [6, 6.07) is 2.14. The second-order valence-corrected chi connectivity index (χ2v) is 6.21. The normalized spacial score (nSPS) is 21.4. The molecule has 1 aromatic heterocycles. The van der Waals surface area contributed by atoms with E-state index in [1.165, 1.54) is 11.4 Å². The highest BCUT2D eigenvalue weighted by Crippen LogP contribution is 2.41. The molecule has 0 aliphatic heterocycles. The van der Waals surface area contributed by atoms with Gasteiger partial charge in [0, 0.05) is 29.9 Å². The fraction of sp³-hybridized carbons (Fsp3) is 0.625. The highest BCUT2D eigenvalue weighted by molar-refractivity contribution is 5.33. The van der Waals surface area contributed by atoms with Gasteiger partial charge < -0.3 is 9.67 Å². The molecule has 98 valence electrons. The number of aryl methyl sites for hydroxylation is 1. The average Bonchev–Trinajstić information content (AvgIpc) is 2.56. The Hall–Kier alpha value is -1.20. The molecule has 0 amide bonds. The van der Waals surface area contributed by atoms with Crippen molar-refractivity contribution in [3.63, 3.8) is 0 Å². The van der Waals surface area contributed by atoms with Crippen LogP contribution in [0.15, 0.2) is 6.07 Å². The van der Waals surface area contributed by atoms with Gasteiger partial charge in [-0.1, -0.05) is 13.8 Å². The summed E-state index contributed by atoms with van der Waals surface area (Å²) in [5.41, 5.74) is 3.87. The quantitative estimate of drug-likeness (QED) is 0.642. The molecule has 0 radical (unpaired) electrons. The van der Waals surface area contributed by atoms with Gasteiger partial charge in [0.15, 0.2) is 0 Å². The summed E-state index contributed by atoms with van der Waals surface area (Å²) in [4.78, 5) is 0. The fourth-order valence-corrected chi connectivity index (χ4v) is 3.05. The van der Waals surface area contributed by atoms with Gasteiger partial charge in [-0.25, -0.2) is 0 Å². The molecule has 0 fully saturated rings. The van der Waals surface area contributed by atoms with Gasteiger partial charge in [0.1, 0.15) is 0 Å². The number of aliphatic hydroxyl groups is 1. The number of rotatable bonds is 3. The number of hydrogen-bond acceptors (Lipinski definition) is 1. The van der Waals surface area contributed by atoms with E-state index in [9.17, 15) is 5.11 Å². The molecule has 1 unspecified atom stereocenters. The van der Waals surface area contributed by atoms with Crippen LogP contribution in [0.4, 0.5) is 0 Å². The summed E-state index contributed by atoms with van der Waals surface area (Å²) >= 11 is 0.